The van der Waals surface area contributed by atoms with Crippen LogP contribution in [0.15, 0.2) is 210 Å². The van der Waals surface area contributed by atoms with Gasteiger partial charge < -0.3 is 5.32 Å². The van der Waals surface area contributed by atoms with Crippen LogP contribution in [0.3, 0.4) is 0 Å². The second kappa shape index (κ2) is 13.5. The van der Waals surface area contributed by atoms with E-state index < -0.39 is 5.41 Å². The normalized spacial score (nSPS) is 18.8. The lowest BCUT2D eigenvalue weighted by molar-refractivity contribution is 0.513. The molecule has 3 unspecified atom stereocenters. The van der Waals surface area contributed by atoms with E-state index in [1.807, 2.05) is 23.1 Å². The molecular formula is C57H40N2S2. The first-order valence-corrected chi connectivity index (χ1v) is 22.9. The Morgan fingerprint density at radius 3 is 2.03 bits per heavy atom. The van der Waals surface area contributed by atoms with Crippen molar-refractivity contribution < 1.29 is 0 Å². The van der Waals surface area contributed by atoms with E-state index in [4.69, 9.17) is 6.58 Å². The number of hydrogen-bond donors (Lipinski definition) is 2. The Morgan fingerprint density at radius 1 is 0.557 bits per heavy atom. The fraction of sp³-hybridized carbons (Fsp3) is 0.0877. The van der Waals surface area contributed by atoms with Gasteiger partial charge in [0.25, 0.3) is 0 Å². The maximum Gasteiger partial charge on any atom is 0.104 e. The summed E-state index contributed by atoms with van der Waals surface area (Å²) in [5.41, 5.74) is 19.2. The van der Waals surface area contributed by atoms with Crippen molar-refractivity contribution in [3.05, 3.63) is 255 Å². The van der Waals surface area contributed by atoms with Gasteiger partial charge >= 0.3 is 0 Å². The van der Waals surface area contributed by atoms with Crippen LogP contribution in [0.5, 0.6) is 0 Å². The Bertz CT molecular complexity index is 3220. The van der Waals surface area contributed by atoms with Crippen LogP contribution in [-0.2, 0) is 11.8 Å². The molecule has 2 aliphatic carbocycles. The van der Waals surface area contributed by atoms with Crippen LogP contribution >= 0.6 is 23.1 Å². The minimum Gasteiger partial charge on any atom is -0.365 e. The predicted molar refractivity (Wildman–Crippen MR) is 254 cm³/mol. The van der Waals surface area contributed by atoms with E-state index in [1.54, 1.807) is 0 Å². The molecule has 0 radical (unpaired) electrons. The van der Waals surface area contributed by atoms with Crippen molar-refractivity contribution >= 4 is 38.9 Å². The van der Waals surface area contributed by atoms with E-state index in [9.17, 15) is 0 Å². The first-order valence-electron chi connectivity index (χ1n) is 21.3. The third kappa shape index (κ3) is 5.07. The maximum absolute atomic E-state index is 4.94. The molecule has 0 bridgehead atoms. The molecule has 3 heterocycles. The first kappa shape index (κ1) is 35.3. The third-order valence-corrected chi connectivity index (χ3v) is 16.1. The van der Waals surface area contributed by atoms with E-state index in [-0.39, 0.29) is 18.1 Å². The summed E-state index contributed by atoms with van der Waals surface area (Å²) >= 11 is 3.84. The van der Waals surface area contributed by atoms with Gasteiger partial charge in [0.1, 0.15) is 6.17 Å². The number of nitrogens with one attached hydrogen (secondary N) is 2. The van der Waals surface area contributed by atoms with Gasteiger partial charge in [0.05, 0.1) is 22.0 Å². The zero-order valence-corrected chi connectivity index (χ0v) is 35.0. The van der Waals surface area contributed by atoms with E-state index in [2.05, 4.69) is 199 Å². The SMILES string of the molecule is C=C1Cc2ccccc2-c2c(ccc3c2Sc2ccccc2C32c3ccccc3-c3ccccc32)C1c1cccc(C2NC(c3ccccc3)Nc3c2sc2ccccc32)c1. The third-order valence-electron chi connectivity index (χ3n) is 13.7. The Morgan fingerprint density at radius 2 is 1.21 bits per heavy atom. The lowest BCUT2D eigenvalue weighted by Gasteiger charge is -2.41. The minimum absolute atomic E-state index is 0.00182. The van der Waals surface area contributed by atoms with Crippen LogP contribution in [-0.4, -0.2) is 0 Å². The molecule has 4 aliphatic rings. The van der Waals surface area contributed by atoms with Gasteiger partial charge in [-0.3, -0.25) is 5.32 Å². The second-order valence-electron chi connectivity index (χ2n) is 16.9. The molecule has 9 aromatic rings. The quantitative estimate of drug-likeness (QED) is 0.174. The summed E-state index contributed by atoms with van der Waals surface area (Å²) in [5.74, 6) is -0.00182. The molecular weight excluding hydrogens is 777 g/mol. The van der Waals surface area contributed by atoms with Crippen molar-refractivity contribution in [1.29, 1.82) is 0 Å². The fourth-order valence-corrected chi connectivity index (χ4v) is 13.8. The lowest BCUT2D eigenvalue weighted by atomic mass is 9.66. The van der Waals surface area contributed by atoms with Crippen LogP contribution in [0.1, 0.15) is 73.1 Å². The second-order valence-corrected chi connectivity index (χ2v) is 19.0. The van der Waals surface area contributed by atoms with Gasteiger partial charge in [0, 0.05) is 31.4 Å². The van der Waals surface area contributed by atoms with E-state index >= 15 is 0 Å². The van der Waals surface area contributed by atoms with Crippen molar-refractivity contribution in [3.63, 3.8) is 0 Å². The zero-order chi connectivity index (χ0) is 40.2. The number of allylic oxidation sites excluding steroid dienone is 1. The summed E-state index contributed by atoms with van der Waals surface area (Å²) < 4.78 is 1.30. The molecule has 13 rings (SSSR count). The summed E-state index contributed by atoms with van der Waals surface area (Å²) in [4.78, 5) is 3.99. The molecule has 4 heteroatoms. The molecule has 1 spiro atoms. The summed E-state index contributed by atoms with van der Waals surface area (Å²) in [6, 6.07) is 70.4. The van der Waals surface area contributed by atoms with Crippen molar-refractivity contribution in [2.75, 3.05) is 5.32 Å². The van der Waals surface area contributed by atoms with Crippen LogP contribution in [0.4, 0.5) is 5.69 Å². The average Bonchev–Trinajstić information content (AvgIpc) is 3.79. The molecule has 2 nitrogen and oxygen atoms in total. The molecule has 0 saturated carbocycles. The van der Waals surface area contributed by atoms with Crippen molar-refractivity contribution in [2.45, 2.75) is 39.8 Å². The molecule has 8 aromatic carbocycles. The highest BCUT2D eigenvalue weighted by Gasteiger charge is 2.51. The van der Waals surface area contributed by atoms with E-state index in [0.29, 0.717) is 0 Å². The molecule has 0 saturated heterocycles. The average molecular weight is 817 g/mol. The van der Waals surface area contributed by atoms with Gasteiger partial charge in [-0.25, -0.2) is 0 Å². The van der Waals surface area contributed by atoms with Crippen molar-refractivity contribution in [1.82, 2.24) is 5.32 Å². The summed E-state index contributed by atoms with van der Waals surface area (Å²) in [6.45, 7) is 4.94. The standard InChI is InChI=1S/C57H40N2S2/c1-34-32-36-18-5-6-21-39(36)51-43(30-31-47-54(51)61-49-29-14-12-27-46(49)57(47)44-25-10-7-22-40(44)41-23-8-11-26-45(41)57)50(34)37-19-15-20-38(33-37)52-55-53(42-24-9-13-28-48(42)60-55)59-56(58-52)35-16-3-2-4-17-35/h2-31,33,50,52,56,58-59H,1,32H2. The summed E-state index contributed by atoms with van der Waals surface area (Å²) in [7, 11) is 0. The zero-order valence-electron chi connectivity index (χ0n) is 33.4. The topological polar surface area (TPSA) is 24.1 Å². The van der Waals surface area contributed by atoms with Crippen molar-refractivity contribution in [3.8, 4) is 22.3 Å². The fourth-order valence-electron chi connectivity index (χ4n) is 11.2. The summed E-state index contributed by atoms with van der Waals surface area (Å²) in [6.07, 6.45) is 0.780. The first-order chi connectivity index (χ1) is 30.2. The number of fused-ring (bicyclic) bond motifs is 16. The molecule has 0 fully saturated rings. The molecule has 2 N–H and O–H groups in total. The maximum atomic E-state index is 4.94. The van der Waals surface area contributed by atoms with Gasteiger partial charge in [-0.05, 0) is 85.3 Å². The van der Waals surface area contributed by atoms with E-state index in [1.165, 1.54) is 108 Å². The van der Waals surface area contributed by atoms with E-state index in [0.717, 1.165) is 6.42 Å². The van der Waals surface area contributed by atoms with Gasteiger partial charge in [-0.15, -0.1) is 11.3 Å². The summed E-state index contributed by atoms with van der Waals surface area (Å²) in [5, 5.41) is 9.24. The number of rotatable bonds is 3. The predicted octanol–water partition coefficient (Wildman–Crippen LogP) is 14.4. The number of benzene rings is 8. The monoisotopic (exact) mass is 816 g/mol. The number of anilines is 1. The smallest absolute Gasteiger partial charge is 0.104 e. The van der Waals surface area contributed by atoms with Crippen LogP contribution in [0.2, 0.25) is 0 Å². The van der Waals surface area contributed by atoms with Gasteiger partial charge in [0.2, 0.25) is 0 Å². The molecule has 1 aromatic heterocycles. The molecule has 0 amide bonds. The number of thiophene rings is 1. The number of hydrogen-bond acceptors (Lipinski definition) is 4. The highest BCUT2D eigenvalue weighted by atomic mass is 32.2. The van der Waals surface area contributed by atoms with Crippen LogP contribution < -0.4 is 10.6 Å². The Balaban J connectivity index is 1.02. The Kier molecular flexibility index (Phi) is 7.84. The molecule has 3 atom stereocenters. The minimum atomic E-state index is -0.439. The Labute approximate surface area is 364 Å². The Hall–Kier alpha value is -6.43. The largest absolute Gasteiger partial charge is 0.365 e. The highest BCUT2D eigenvalue weighted by Crippen LogP contribution is 2.64. The molecule has 290 valence electrons. The van der Waals surface area contributed by atoms with Crippen LogP contribution in [0, 0.1) is 0 Å². The van der Waals surface area contributed by atoms with Gasteiger partial charge in [0.15, 0.2) is 0 Å². The van der Waals surface area contributed by atoms with Gasteiger partial charge in [-0.2, -0.15) is 0 Å². The molecule has 2 aliphatic heterocycles. The van der Waals surface area contributed by atoms with Crippen molar-refractivity contribution in [2.24, 2.45) is 0 Å². The van der Waals surface area contributed by atoms with Gasteiger partial charge in [-0.1, -0.05) is 200 Å². The van der Waals surface area contributed by atoms with Crippen LogP contribution in [0.25, 0.3) is 32.3 Å². The molecule has 61 heavy (non-hydrogen) atoms. The lowest BCUT2D eigenvalue weighted by Crippen LogP contribution is -2.36. The highest BCUT2D eigenvalue weighted by molar-refractivity contribution is 7.99.